The molecule has 2 aromatic carbocycles. The molecule has 1 N–H and O–H groups in total. The highest BCUT2D eigenvalue weighted by molar-refractivity contribution is 5.93. The Morgan fingerprint density at radius 1 is 1.06 bits per heavy atom. The van der Waals surface area contributed by atoms with Crippen molar-refractivity contribution in [1.29, 1.82) is 0 Å². The normalized spacial score (nSPS) is 23.1. The van der Waals surface area contributed by atoms with Gasteiger partial charge in [0.1, 0.15) is 11.4 Å². The van der Waals surface area contributed by atoms with Gasteiger partial charge in [-0.05, 0) is 73.2 Å². The Morgan fingerprint density at radius 3 is 2.50 bits per heavy atom. The molecule has 2 fully saturated rings. The van der Waals surface area contributed by atoms with Crippen molar-refractivity contribution < 1.29 is 4.79 Å². The minimum absolute atomic E-state index is 0.0598. The summed E-state index contributed by atoms with van der Waals surface area (Å²) in [5.74, 6) is 1.53. The van der Waals surface area contributed by atoms with Crippen LogP contribution in [-0.2, 0) is 30.6 Å². The molecule has 5 heteroatoms. The quantitative estimate of drug-likeness (QED) is 0.649. The third kappa shape index (κ3) is 3.68. The number of aromatic nitrogens is 1. The van der Waals surface area contributed by atoms with E-state index in [1.807, 2.05) is 11.9 Å². The van der Waals surface area contributed by atoms with Crippen LogP contribution in [0.25, 0.3) is 10.9 Å². The fraction of sp³-hybridized carbons (Fsp3) is 0.379. The minimum Gasteiger partial charge on any atom is -0.346 e. The van der Waals surface area contributed by atoms with Crippen molar-refractivity contribution in [3.05, 3.63) is 89.4 Å². The van der Waals surface area contributed by atoms with Gasteiger partial charge in [-0.2, -0.15) is 0 Å². The highest BCUT2D eigenvalue weighted by Crippen LogP contribution is 2.40. The van der Waals surface area contributed by atoms with E-state index in [2.05, 4.69) is 71.4 Å². The molecule has 0 radical (unpaired) electrons. The molecule has 1 aliphatic carbocycles. The number of likely N-dealkylation sites (tertiary alicyclic amines) is 1. The maximum Gasteiger partial charge on any atom is 0.252 e. The van der Waals surface area contributed by atoms with Crippen LogP contribution in [0.15, 0.2) is 67.0 Å². The third-order valence-corrected chi connectivity index (χ3v) is 8.22. The van der Waals surface area contributed by atoms with E-state index in [1.165, 1.54) is 36.0 Å². The highest BCUT2D eigenvalue weighted by Gasteiger charge is 2.52. The van der Waals surface area contributed by atoms with Crippen LogP contribution in [0.5, 0.6) is 0 Å². The van der Waals surface area contributed by atoms with Crippen molar-refractivity contribution in [2.75, 3.05) is 20.1 Å². The molecule has 1 amide bonds. The molecule has 1 spiro atoms. The minimum atomic E-state index is -0.538. The summed E-state index contributed by atoms with van der Waals surface area (Å²) in [6, 6.07) is 19.7. The second-order valence-electron chi connectivity index (χ2n) is 10.4. The van der Waals surface area contributed by atoms with E-state index in [0.717, 1.165) is 48.6 Å². The Labute approximate surface area is 201 Å². The monoisotopic (exact) mass is 452 g/mol. The molecule has 174 valence electrons. The number of nitrogens with one attached hydrogen (secondary N) is 1. The molecule has 2 saturated heterocycles. The SMILES string of the molecule is C=C1NC(=O)C2(Cc3cc4ccc(CN5CCC(Cc6ccccc6)CC5)nc4cc3C2)N1C. The van der Waals surface area contributed by atoms with E-state index < -0.39 is 5.54 Å². The zero-order valence-corrected chi connectivity index (χ0v) is 19.9. The molecule has 2 aliphatic heterocycles. The van der Waals surface area contributed by atoms with Gasteiger partial charge in [0, 0.05) is 31.8 Å². The molecule has 3 aromatic rings. The number of likely N-dealkylation sites (N-methyl/N-ethyl adjacent to an activating group) is 1. The van der Waals surface area contributed by atoms with E-state index in [-0.39, 0.29) is 5.91 Å². The summed E-state index contributed by atoms with van der Waals surface area (Å²) in [7, 11) is 1.96. The Hall–Kier alpha value is -3.18. The van der Waals surface area contributed by atoms with Gasteiger partial charge in [0.15, 0.2) is 0 Å². The Balaban J connectivity index is 1.14. The fourth-order valence-electron chi connectivity index (χ4n) is 6.08. The number of carbonyl (C=O) groups excluding carboxylic acids is 1. The van der Waals surface area contributed by atoms with Crippen LogP contribution in [0.4, 0.5) is 0 Å². The first-order chi connectivity index (χ1) is 16.5. The number of hydrogen-bond acceptors (Lipinski definition) is 4. The lowest BCUT2D eigenvalue weighted by Gasteiger charge is -2.31. The summed E-state index contributed by atoms with van der Waals surface area (Å²) in [4.78, 5) is 22.3. The maximum atomic E-state index is 12.7. The molecule has 0 saturated carbocycles. The van der Waals surface area contributed by atoms with E-state index >= 15 is 0 Å². The van der Waals surface area contributed by atoms with Crippen molar-refractivity contribution in [2.24, 2.45) is 5.92 Å². The number of amides is 1. The van der Waals surface area contributed by atoms with Gasteiger partial charge < -0.3 is 10.2 Å². The van der Waals surface area contributed by atoms with Crippen LogP contribution in [0, 0.1) is 5.92 Å². The van der Waals surface area contributed by atoms with Gasteiger partial charge in [0.25, 0.3) is 5.91 Å². The van der Waals surface area contributed by atoms with E-state index in [0.29, 0.717) is 12.2 Å². The lowest BCUT2D eigenvalue weighted by Crippen LogP contribution is -2.47. The molecule has 5 nitrogen and oxygen atoms in total. The van der Waals surface area contributed by atoms with Gasteiger partial charge in [-0.15, -0.1) is 0 Å². The molecular weight excluding hydrogens is 420 g/mol. The van der Waals surface area contributed by atoms with Gasteiger partial charge in [-0.3, -0.25) is 14.7 Å². The Bertz CT molecular complexity index is 1260. The van der Waals surface area contributed by atoms with E-state index in [4.69, 9.17) is 4.98 Å². The fourth-order valence-corrected chi connectivity index (χ4v) is 6.08. The molecule has 6 rings (SSSR count). The summed E-state index contributed by atoms with van der Waals surface area (Å²) < 4.78 is 0. The van der Waals surface area contributed by atoms with Crippen LogP contribution in [0.1, 0.15) is 35.2 Å². The van der Waals surface area contributed by atoms with E-state index in [1.54, 1.807) is 0 Å². The molecule has 3 aliphatic rings. The maximum absolute atomic E-state index is 12.7. The lowest BCUT2D eigenvalue weighted by molar-refractivity contribution is -0.125. The number of benzene rings is 2. The standard InChI is InChI=1S/C29H32N4O/c1-20-30-28(34)29(32(20)2)17-24-15-23-8-9-26(31-27(23)16-25(24)18-29)19-33-12-10-22(11-13-33)14-21-6-4-3-5-7-21/h3-9,15-16,22H,1,10-14,17-19H2,2H3,(H,30,34). The van der Waals surface area contributed by atoms with Crippen molar-refractivity contribution in [2.45, 2.75) is 44.2 Å². The molecular formula is C29H32N4O. The van der Waals surface area contributed by atoms with Crippen molar-refractivity contribution in [3.63, 3.8) is 0 Å². The molecule has 1 atom stereocenters. The van der Waals surface area contributed by atoms with Crippen molar-refractivity contribution in [1.82, 2.24) is 20.1 Å². The average Bonchev–Trinajstić information content (AvgIpc) is 3.32. The number of piperidine rings is 1. The van der Waals surface area contributed by atoms with Crippen LogP contribution in [0.2, 0.25) is 0 Å². The molecule has 34 heavy (non-hydrogen) atoms. The molecule has 1 aromatic heterocycles. The topological polar surface area (TPSA) is 48.5 Å². The molecule has 3 heterocycles. The van der Waals surface area contributed by atoms with Crippen molar-refractivity contribution in [3.8, 4) is 0 Å². The third-order valence-electron chi connectivity index (χ3n) is 8.22. The first-order valence-electron chi connectivity index (χ1n) is 12.4. The van der Waals surface area contributed by atoms with Crippen LogP contribution in [0.3, 0.4) is 0 Å². The van der Waals surface area contributed by atoms with Gasteiger partial charge >= 0.3 is 0 Å². The predicted octanol–water partition coefficient (Wildman–Crippen LogP) is 4.06. The second kappa shape index (κ2) is 8.24. The average molecular weight is 453 g/mol. The van der Waals surface area contributed by atoms with Crippen LogP contribution in [-0.4, -0.2) is 46.4 Å². The first-order valence-corrected chi connectivity index (χ1v) is 12.4. The number of carbonyl (C=O) groups is 1. The summed E-state index contributed by atoms with van der Waals surface area (Å²) in [6.07, 6.45) is 5.12. The van der Waals surface area contributed by atoms with Crippen LogP contribution >= 0.6 is 0 Å². The largest absolute Gasteiger partial charge is 0.346 e. The summed E-state index contributed by atoms with van der Waals surface area (Å²) >= 11 is 0. The highest BCUT2D eigenvalue weighted by atomic mass is 16.2. The number of rotatable bonds is 4. The summed E-state index contributed by atoms with van der Waals surface area (Å²) in [5.41, 5.74) is 5.56. The molecule has 0 bridgehead atoms. The Morgan fingerprint density at radius 2 is 1.79 bits per heavy atom. The van der Waals surface area contributed by atoms with Gasteiger partial charge in [-0.1, -0.05) is 43.0 Å². The van der Waals surface area contributed by atoms with Crippen molar-refractivity contribution >= 4 is 16.8 Å². The van der Waals surface area contributed by atoms with Gasteiger partial charge in [0.2, 0.25) is 0 Å². The van der Waals surface area contributed by atoms with Gasteiger partial charge in [-0.25, -0.2) is 0 Å². The number of nitrogens with zero attached hydrogens (tertiary/aromatic N) is 3. The summed E-state index contributed by atoms with van der Waals surface area (Å²) in [6.45, 7) is 7.16. The zero-order valence-electron chi connectivity index (χ0n) is 19.9. The smallest absolute Gasteiger partial charge is 0.252 e. The molecule has 1 unspecified atom stereocenters. The first kappa shape index (κ1) is 21.4. The number of pyridine rings is 1. The second-order valence-corrected chi connectivity index (χ2v) is 10.4. The van der Waals surface area contributed by atoms with E-state index in [9.17, 15) is 4.79 Å². The summed E-state index contributed by atoms with van der Waals surface area (Å²) in [5, 5.41) is 4.07. The Kier molecular flexibility index (Phi) is 5.18. The predicted molar refractivity (Wildman–Crippen MR) is 135 cm³/mol. The number of hydrogen-bond donors (Lipinski definition) is 1. The zero-order chi connectivity index (χ0) is 23.3. The van der Waals surface area contributed by atoms with Crippen LogP contribution < -0.4 is 5.32 Å². The van der Waals surface area contributed by atoms with Gasteiger partial charge in [0.05, 0.1) is 11.2 Å². The lowest BCUT2D eigenvalue weighted by atomic mass is 9.90. The number of fused-ring (bicyclic) bond motifs is 2.